The topological polar surface area (TPSA) is 87.9 Å². The molecule has 0 spiro atoms. The molecule has 0 saturated heterocycles. The fourth-order valence-corrected chi connectivity index (χ4v) is 6.70. The summed E-state index contributed by atoms with van der Waals surface area (Å²) in [7, 11) is -7.85. The Bertz CT molecular complexity index is 1210. The minimum Gasteiger partial charge on any atom is -0.423 e. The van der Waals surface area contributed by atoms with Crippen LogP contribution in [0.4, 0.5) is 11.8 Å². The van der Waals surface area contributed by atoms with Crippen molar-refractivity contribution in [3.8, 4) is 0 Å². The van der Waals surface area contributed by atoms with E-state index in [9.17, 15) is 16.8 Å². The van der Waals surface area contributed by atoms with Crippen LogP contribution in [0.2, 0.25) is 0 Å². The van der Waals surface area contributed by atoms with Gasteiger partial charge in [0.1, 0.15) is 0 Å². The highest BCUT2D eigenvalue weighted by Gasteiger charge is 2.33. The molecule has 0 radical (unpaired) electrons. The zero-order chi connectivity index (χ0) is 24.6. The van der Waals surface area contributed by atoms with Crippen LogP contribution in [-0.2, 0) is 20.0 Å². The smallest absolute Gasteiger partial charge is 0.266 e. The molecule has 33 heavy (non-hydrogen) atoms. The molecule has 0 N–H and O–H groups in total. The quantitative estimate of drug-likeness (QED) is 0.438. The molecule has 3 aromatic rings. The third kappa shape index (κ3) is 4.94. The van der Waals surface area contributed by atoms with Gasteiger partial charge in [0.25, 0.3) is 20.0 Å². The van der Waals surface area contributed by atoms with Crippen LogP contribution >= 0.6 is 0 Å². The van der Waals surface area contributed by atoms with Crippen LogP contribution in [0.1, 0.15) is 38.8 Å². The Kier molecular flexibility index (Phi) is 6.95. The molecule has 0 unspecified atom stereocenters. The number of nitrogens with zero attached hydrogens (tertiary/aromatic N) is 2. The van der Waals surface area contributed by atoms with Crippen LogP contribution in [0.3, 0.4) is 0 Å². The molecule has 0 fully saturated rings. The van der Waals surface area contributed by atoms with Gasteiger partial charge in [-0.1, -0.05) is 35.4 Å². The number of rotatable bonds is 8. The van der Waals surface area contributed by atoms with Gasteiger partial charge < -0.3 is 4.42 Å². The van der Waals surface area contributed by atoms with E-state index in [1.807, 2.05) is 13.8 Å². The molecule has 7 nitrogen and oxygen atoms in total. The number of furan rings is 1. The number of aryl methyl sites for hydroxylation is 2. The molecule has 0 amide bonds. The van der Waals surface area contributed by atoms with E-state index in [0.29, 0.717) is 0 Å². The van der Waals surface area contributed by atoms with Crippen molar-refractivity contribution in [2.45, 2.75) is 63.4 Å². The van der Waals surface area contributed by atoms with Crippen LogP contribution in [0.15, 0.2) is 74.9 Å². The van der Waals surface area contributed by atoms with E-state index in [4.69, 9.17) is 4.42 Å². The number of hydrogen-bond donors (Lipinski definition) is 0. The monoisotopic (exact) mass is 490 g/mol. The lowest BCUT2D eigenvalue weighted by Crippen LogP contribution is -2.37. The fraction of sp³-hybridized carbons (Fsp3) is 0.333. The van der Waals surface area contributed by atoms with Crippen molar-refractivity contribution in [1.82, 2.24) is 0 Å². The molecule has 1 heterocycles. The molecule has 178 valence electrons. The molecule has 3 rings (SSSR count). The normalized spacial score (nSPS) is 12.4. The van der Waals surface area contributed by atoms with E-state index >= 15 is 0 Å². The molecule has 2 aromatic carbocycles. The average Bonchev–Trinajstić information content (AvgIpc) is 3.16. The number of benzene rings is 2. The Labute approximate surface area is 196 Å². The Morgan fingerprint density at radius 3 is 1.15 bits per heavy atom. The zero-order valence-electron chi connectivity index (χ0n) is 19.7. The predicted molar refractivity (Wildman–Crippen MR) is 131 cm³/mol. The summed E-state index contributed by atoms with van der Waals surface area (Å²) in [6.07, 6.45) is 0. The second-order valence-corrected chi connectivity index (χ2v) is 12.2. The summed E-state index contributed by atoms with van der Waals surface area (Å²) in [5, 5.41) is 0. The van der Waals surface area contributed by atoms with Gasteiger partial charge in [0.2, 0.25) is 11.8 Å². The van der Waals surface area contributed by atoms with Gasteiger partial charge in [-0.2, -0.15) is 0 Å². The van der Waals surface area contributed by atoms with E-state index in [1.54, 1.807) is 76.2 Å². The highest BCUT2D eigenvalue weighted by molar-refractivity contribution is 7.93. The first-order valence-electron chi connectivity index (χ1n) is 10.7. The van der Waals surface area contributed by atoms with Crippen LogP contribution in [0, 0.1) is 13.8 Å². The predicted octanol–water partition coefficient (Wildman–Crippen LogP) is 5.10. The minimum absolute atomic E-state index is 0.0466. The maximum atomic E-state index is 13.4. The maximum absolute atomic E-state index is 13.4. The van der Waals surface area contributed by atoms with E-state index in [-0.39, 0.29) is 21.6 Å². The summed E-state index contributed by atoms with van der Waals surface area (Å²) in [6.45, 7) is 10.7. The number of anilines is 2. The van der Waals surface area contributed by atoms with Crippen molar-refractivity contribution in [2.75, 3.05) is 8.61 Å². The molecule has 0 bridgehead atoms. The fourth-order valence-electron chi connectivity index (χ4n) is 3.50. The Hall–Kier alpha value is -2.78. The summed E-state index contributed by atoms with van der Waals surface area (Å²) < 4.78 is 61.7. The molecule has 0 saturated carbocycles. The summed E-state index contributed by atoms with van der Waals surface area (Å²) >= 11 is 0. The van der Waals surface area contributed by atoms with Crippen molar-refractivity contribution in [3.05, 3.63) is 71.8 Å². The van der Waals surface area contributed by atoms with Crippen LogP contribution < -0.4 is 8.61 Å². The van der Waals surface area contributed by atoms with Gasteiger partial charge in [0.05, 0.1) is 9.79 Å². The van der Waals surface area contributed by atoms with Crippen molar-refractivity contribution < 1.29 is 21.3 Å². The summed E-state index contributed by atoms with van der Waals surface area (Å²) in [6, 6.07) is 15.2. The van der Waals surface area contributed by atoms with E-state index in [0.717, 1.165) is 19.7 Å². The van der Waals surface area contributed by atoms with Crippen molar-refractivity contribution in [3.63, 3.8) is 0 Å². The van der Waals surface area contributed by atoms with Crippen molar-refractivity contribution in [2.24, 2.45) is 0 Å². The van der Waals surface area contributed by atoms with Gasteiger partial charge >= 0.3 is 0 Å². The van der Waals surface area contributed by atoms with Gasteiger partial charge in [-0.05, 0) is 65.8 Å². The molecule has 0 atom stereocenters. The SMILES string of the molecule is Cc1ccc(S(=O)(=O)N(c2ccc(N(C(C)C)S(=O)(=O)c3ccc(C)cc3)o2)C(C)C)cc1. The summed E-state index contributed by atoms with van der Waals surface area (Å²) in [5.41, 5.74) is 1.89. The lowest BCUT2D eigenvalue weighted by atomic mass is 10.2. The summed E-state index contributed by atoms with van der Waals surface area (Å²) in [4.78, 5) is 0.264. The Morgan fingerprint density at radius 2 is 0.879 bits per heavy atom. The highest BCUT2D eigenvalue weighted by Crippen LogP contribution is 2.34. The summed E-state index contributed by atoms with van der Waals surface area (Å²) in [5.74, 6) is 0.0932. The number of sulfonamides is 2. The van der Waals surface area contributed by atoms with Crippen molar-refractivity contribution >= 4 is 31.8 Å². The van der Waals surface area contributed by atoms with E-state index in [2.05, 4.69) is 0 Å². The molecular weight excluding hydrogens is 460 g/mol. The standard InChI is InChI=1S/C24H30N2O5S2/c1-17(2)25(32(27,28)21-11-7-19(5)8-12-21)23-15-16-24(31-23)26(18(3)4)33(29,30)22-13-9-20(6)10-14-22/h7-18H,1-6H3. The molecule has 1 aromatic heterocycles. The van der Waals surface area contributed by atoms with Gasteiger partial charge in [-0.25, -0.2) is 25.4 Å². The lowest BCUT2D eigenvalue weighted by Gasteiger charge is -2.27. The molecule has 0 aliphatic heterocycles. The second-order valence-electron chi connectivity index (χ2n) is 8.53. The highest BCUT2D eigenvalue weighted by atomic mass is 32.2. The Morgan fingerprint density at radius 1 is 0.576 bits per heavy atom. The minimum atomic E-state index is -3.92. The average molecular weight is 491 g/mol. The third-order valence-electron chi connectivity index (χ3n) is 5.11. The first-order valence-corrected chi connectivity index (χ1v) is 13.6. The molecule has 9 heteroatoms. The Balaban J connectivity index is 2.06. The van der Waals surface area contributed by atoms with Crippen LogP contribution in [-0.4, -0.2) is 28.9 Å². The van der Waals surface area contributed by atoms with E-state index < -0.39 is 32.1 Å². The van der Waals surface area contributed by atoms with Gasteiger partial charge in [0, 0.05) is 24.2 Å². The van der Waals surface area contributed by atoms with Gasteiger partial charge in [0.15, 0.2) is 0 Å². The van der Waals surface area contributed by atoms with Gasteiger partial charge in [-0.15, -0.1) is 0 Å². The molecule has 0 aliphatic rings. The van der Waals surface area contributed by atoms with Crippen LogP contribution in [0.5, 0.6) is 0 Å². The van der Waals surface area contributed by atoms with Gasteiger partial charge in [-0.3, -0.25) is 0 Å². The first-order chi connectivity index (χ1) is 15.4. The van der Waals surface area contributed by atoms with E-state index in [1.165, 1.54) is 12.1 Å². The molecule has 0 aliphatic carbocycles. The van der Waals surface area contributed by atoms with Crippen molar-refractivity contribution in [1.29, 1.82) is 0 Å². The molecular formula is C24H30N2O5S2. The third-order valence-corrected chi connectivity index (χ3v) is 9.08. The first kappa shape index (κ1) is 24.9. The number of hydrogen-bond acceptors (Lipinski definition) is 5. The maximum Gasteiger partial charge on any atom is 0.266 e. The van der Waals surface area contributed by atoms with Crippen LogP contribution in [0.25, 0.3) is 0 Å². The zero-order valence-corrected chi connectivity index (χ0v) is 21.3. The largest absolute Gasteiger partial charge is 0.423 e. The lowest BCUT2D eigenvalue weighted by molar-refractivity contribution is 0.525. The second kappa shape index (κ2) is 9.23.